The number of methoxy groups -OCH3 is 1. The minimum Gasteiger partial charge on any atom is -0.469 e. The molecule has 0 saturated carbocycles. The van der Waals surface area contributed by atoms with Crippen LogP contribution in [-0.2, 0) is 22.4 Å². The quantitative estimate of drug-likeness (QED) is 0.584. The Balaban J connectivity index is 1.56. The van der Waals surface area contributed by atoms with Crippen molar-refractivity contribution in [3.63, 3.8) is 0 Å². The molecule has 0 radical (unpaired) electrons. The molecule has 160 valence electrons. The predicted octanol–water partition coefficient (Wildman–Crippen LogP) is 4.19. The van der Waals surface area contributed by atoms with Crippen LogP contribution in [0.2, 0.25) is 0 Å². The van der Waals surface area contributed by atoms with Crippen LogP contribution in [0.3, 0.4) is 0 Å². The highest BCUT2D eigenvalue weighted by atomic mass is 16.5. The molecule has 1 aromatic heterocycles. The summed E-state index contributed by atoms with van der Waals surface area (Å²) in [7, 11) is 1.40. The molecule has 3 aromatic rings. The fourth-order valence-corrected chi connectivity index (χ4v) is 4.26. The average molecular weight is 418 g/mol. The summed E-state index contributed by atoms with van der Waals surface area (Å²) in [6.07, 6.45) is 2.90. The number of carbonyl (C=O) groups excluding carboxylic acids is 2. The van der Waals surface area contributed by atoms with Crippen molar-refractivity contribution in [1.29, 1.82) is 0 Å². The highest BCUT2D eigenvalue weighted by Gasteiger charge is 2.23. The van der Waals surface area contributed by atoms with E-state index in [2.05, 4.69) is 11.2 Å². The first kappa shape index (κ1) is 20.8. The zero-order chi connectivity index (χ0) is 22.0. The molecular weight excluding hydrogens is 390 g/mol. The fourth-order valence-electron chi connectivity index (χ4n) is 4.26. The average Bonchev–Trinajstić information content (AvgIpc) is 3.09. The second-order valence-electron chi connectivity index (χ2n) is 7.87. The van der Waals surface area contributed by atoms with Gasteiger partial charge in [0.2, 0.25) is 0 Å². The van der Waals surface area contributed by atoms with Crippen LogP contribution in [0.25, 0.3) is 5.69 Å². The summed E-state index contributed by atoms with van der Waals surface area (Å²) >= 11 is 0. The van der Waals surface area contributed by atoms with Crippen molar-refractivity contribution >= 4 is 17.6 Å². The first-order valence-electron chi connectivity index (χ1n) is 10.6. The molecule has 0 saturated heterocycles. The van der Waals surface area contributed by atoms with Gasteiger partial charge in [-0.2, -0.15) is 5.10 Å². The lowest BCUT2D eigenvalue weighted by atomic mass is 10.0. The predicted molar refractivity (Wildman–Crippen MR) is 120 cm³/mol. The van der Waals surface area contributed by atoms with Gasteiger partial charge in [-0.05, 0) is 74.6 Å². The summed E-state index contributed by atoms with van der Waals surface area (Å²) in [6, 6.07) is 15.7. The smallest absolute Gasteiger partial charge is 0.305 e. The number of aromatic nitrogens is 2. The maximum atomic E-state index is 13.2. The van der Waals surface area contributed by atoms with Crippen LogP contribution in [0.1, 0.15) is 45.7 Å². The van der Waals surface area contributed by atoms with Gasteiger partial charge in [0.1, 0.15) is 0 Å². The van der Waals surface area contributed by atoms with E-state index in [1.807, 2.05) is 65.9 Å². The minimum atomic E-state index is -0.228. The van der Waals surface area contributed by atoms with Crippen LogP contribution in [0.4, 0.5) is 5.69 Å². The molecule has 0 spiro atoms. The number of hydrogen-bond acceptors (Lipinski definition) is 4. The number of hydrogen-bond donors (Lipinski definition) is 0. The van der Waals surface area contributed by atoms with Gasteiger partial charge in [0.25, 0.3) is 5.91 Å². The summed E-state index contributed by atoms with van der Waals surface area (Å²) in [5, 5.41) is 4.65. The second kappa shape index (κ2) is 8.76. The van der Waals surface area contributed by atoms with Gasteiger partial charge >= 0.3 is 5.97 Å². The van der Waals surface area contributed by atoms with Crippen LogP contribution < -0.4 is 4.90 Å². The van der Waals surface area contributed by atoms with E-state index in [0.717, 1.165) is 47.7 Å². The number of fused-ring (bicyclic) bond motifs is 1. The van der Waals surface area contributed by atoms with Gasteiger partial charge in [-0.1, -0.05) is 18.2 Å². The van der Waals surface area contributed by atoms with E-state index >= 15 is 0 Å². The first-order valence-corrected chi connectivity index (χ1v) is 10.6. The van der Waals surface area contributed by atoms with Crippen LogP contribution in [0, 0.1) is 13.8 Å². The highest BCUT2D eigenvalue weighted by Crippen LogP contribution is 2.28. The number of ether oxygens (including phenoxy) is 1. The molecule has 6 heteroatoms. The van der Waals surface area contributed by atoms with E-state index < -0.39 is 0 Å². The van der Waals surface area contributed by atoms with E-state index in [0.29, 0.717) is 18.4 Å². The molecule has 0 N–H and O–H groups in total. The molecule has 6 nitrogen and oxygen atoms in total. The van der Waals surface area contributed by atoms with Crippen LogP contribution in [0.15, 0.2) is 48.5 Å². The Morgan fingerprint density at radius 3 is 2.55 bits per heavy atom. The zero-order valence-corrected chi connectivity index (χ0v) is 18.2. The summed E-state index contributed by atoms with van der Waals surface area (Å²) in [6.45, 7) is 4.68. The number of amides is 1. The molecule has 0 aliphatic carbocycles. The summed E-state index contributed by atoms with van der Waals surface area (Å²) in [5.41, 5.74) is 6.72. The lowest BCUT2D eigenvalue weighted by Crippen LogP contribution is -2.35. The number of esters is 1. The lowest BCUT2D eigenvalue weighted by Gasteiger charge is -2.29. The van der Waals surface area contributed by atoms with Crippen molar-refractivity contribution in [3.8, 4) is 5.69 Å². The van der Waals surface area contributed by atoms with E-state index in [1.165, 1.54) is 12.7 Å². The van der Waals surface area contributed by atoms with Crippen molar-refractivity contribution in [2.24, 2.45) is 0 Å². The maximum absolute atomic E-state index is 13.2. The van der Waals surface area contributed by atoms with Crippen molar-refractivity contribution in [2.75, 3.05) is 18.6 Å². The topological polar surface area (TPSA) is 64.4 Å². The lowest BCUT2D eigenvalue weighted by molar-refractivity contribution is -0.140. The van der Waals surface area contributed by atoms with Gasteiger partial charge in [0, 0.05) is 29.9 Å². The highest BCUT2D eigenvalue weighted by molar-refractivity contribution is 6.06. The number of nitrogens with zero attached hydrogens (tertiary/aromatic N) is 3. The van der Waals surface area contributed by atoms with Crippen LogP contribution >= 0.6 is 0 Å². The second-order valence-corrected chi connectivity index (χ2v) is 7.87. The Hall–Kier alpha value is -3.41. The van der Waals surface area contributed by atoms with Gasteiger partial charge in [0.05, 0.1) is 18.5 Å². The molecule has 0 bridgehead atoms. The normalized spacial score (nSPS) is 13.1. The largest absolute Gasteiger partial charge is 0.469 e. The van der Waals surface area contributed by atoms with Crippen molar-refractivity contribution in [3.05, 3.63) is 76.6 Å². The molecule has 0 fully saturated rings. The Bertz CT molecular complexity index is 1120. The molecule has 2 heterocycles. The Morgan fingerprint density at radius 1 is 1.06 bits per heavy atom. The third-order valence-electron chi connectivity index (χ3n) is 5.96. The molecule has 0 atom stereocenters. The molecule has 2 aromatic carbocycles. The summed E-state index contributed by atoms with van der Waals surface area (Å²) in [5.74, 6) is -0.209. The third kappa shape index (κ3) is 4.10. The monoisotopic (exact) mass is 417 g/mol. The molecule has 31 heavy (non-hydrogen) atoms. The van der Waals surface area contributed by atoms with Crippen molar-refractivity contribution in [2.45, 2.75) is 39.5 Å². The SMILES string of the molecule is COC(=O)CCc1c(C)nn(-c2ccc(C(=O)N3CCCc4ccccc43)cc2)c1C. The number of rotatable bonds is 5. The summed E-state index contributed by atoms with van der Waals surface area (Å²) < 4.78 is 6.62. The molecular formula is C25H27N3O3. The van der Waals surface area contributed by atoms with Gasteiger partial charge in [-0.15, -0.1) is 0 Å². The summed E-state index contributed by atoms with van der Waals surface area (Å²) in [4.78, 5) is 26.6. The Morgan fingerprint density at radius 2 is 1.81 bits per heavy atom. The molecule has 0 unspecified atom stereocenters. The van der Waals surface area contributed by atoms with E-state index in [1.54, 1.807) is 0 Å². The van der Waals surface area contributed by atoms with Crippen molar-refractivity contribution < 1.29 is 14.3 Å². The number of aryl methyl sites for hydroxylation is 2. The van der Waals surface area contributed by atoms with E-state index in [9.17, 15) is 9.59 Å². The maximum Gasteiger partial charge on any atom is 0.305 e. The minimum absolute atomic E-state index is 0.0193. The van der Waals surface area contributed by atoms with Gasteiger partial charge in [0.15, 0.2) is 0 Å². The van der Waals surface area contributed by atoms with Gasteiger partial charge < -0.3 is 9.64 Å². The number of para-hydroxylation sites is 1. The van der Waals surface area contributed by atoms with Crippen LogP contribution in [-0.4, -0.2) is 35.3 Å². The molecule has 4 rings (SSSR count). The Labute approximate surface area is 182 Å². The van der Waals surface area contributed by atoms with E-state index in [4.69, 9.17) is 4.74 Å². The Kier molecular flexibility index (Phi) is 5.89. The van der Waals surface area contributed by atoms with Crippen molar-refractivity contribution in [1.82, 2.24) is 9.78 Å². The van der Waals surface area contributed by atoms with Gasteiger partial charge in [-0.3, -0.25) is 9.59 Å². The van der Waals surface area contributed by atoms with Crippen LogP contribution in [0.5, 0.6) is 0 Å². The first-order chi connectivity index (χ1) is 15.0. The number of benzene rings is 2. The standard InChI is InChI=1S/C25H27N3O3/c1-17-22(14-15-24(29)31-3)18(2)28(26-17)21-12-10-20(11-13-21)25(30)27-16-6-8-19-7-4-5-9-23(19)27/h4-5,7,9-13H,6,8,14-16H2,1-3H3. The molecule has 1 aliphatic rings. The van der Waals surface area contributed by atoms with E-state index in [-0.39, 0.29) is 11.9 Å². The fraction of sp³-hybridized carbons (Fsp3) is 0.320. The zero-order valence-electron chi connectivity index (χ0n) is 18.2. The number of anilines is 1. The third-order valence-corrected chi connectivity index (χ3v) is 5.96. The molecule has 1 aliphatic heterocycles. The van der Waals surface area contributed by atoms with Gasteiger partial charge in [-0.25, -0.2) is 4.68 Å². The number of carbonyl (C=O) groups is 2. The molecule has 1 amide bonds.